The van der Waals surface area contributed by atoms with Gasteiger partial charge in [0.05, 0.1) is 20.6 Å². The minimum Gasteiger partial charge on any atom is -0.399 e. The van der Waals surface area contributed by atoms with Gasteiger partial charge in [0.25, 0.3) is 0 Å². The van der Waals surface area contributed by atoms with Gasteiger partial charge in [0, 0.05) is 5.69 Å². The van der Waals surface area contributed by atoms with Crippen LogP contribution in [-0.2, 0) is 0 Å². The van der Waals surface area contributed by atoms with Crippen LogP contribution in [0.5, 0.6) is 0 Å². The van der Waals surface area contributed by atoms with Gasteiger partial charge in [-0.3, -0.25) is 5.43 Å². The van der Waals surface area contributed by atoms with E-state index in [0.717, 1.165) is 21.2 Å². The van der Waals surface area contributed by atoms with E-state index in [4.69, 9.17) is 28.9 Å². The summed E-state index contributed by atoms with van der Waals surface area (Å²) in [7, 11) is 0. The zero-order valence-corrected chi connectivity index (χ0v) is 13.5. The summed E-state index contributed by atoms with van der Waals surface area (Å²) in [6, 6.07) is 3.36. The second-order valence-corrected chi connectivity index (χ2v) is 6.56. The third-order valence-corrected chi connectivity index (χ3v) is 4.66. The lowest BCUT2D eigenvalue weighted by molar-refractivity contribution is 0.737. The van der Waals surface area contributed by atoms with Gasteiger partial charge in [-0.05, 0) is 29.7 Å². The Morgan fingerprint density at radius 1 is 1.30 bits per heavy atom. The van der Waals surface area contributed by atoms with Gasteiger partial charge in [-0.25, -0.2) is 0 Å². The SMILES string of the molecule is C=C1NN=C(Sc2c(Cl)cc(N)cc2Cl)C=C1C(C)C. The van der Waals surface area contributed by atoms with E-state index in [1.165, 1.54) is 11.8 Å². The summed E-state index contributed by atoms with van der Waals surface area (Å²) >= 11 is 13.8. The number of hydrogen-bond acceptors (Lipinski definition) is 4. The topological polar surface area (TPSA) is 50.4 Å². The average Bonchev–Trinajstić information content (AvgIpc) is 2.35. The van der Waals surface area contributed by atoms with E-state index in [0.29, 0.717) is 21.7 Å². The Balaban J connectivity index is 2.30. The van der Waals surface area contributed by atoms with Gasteiger partial charge in [-0.1, -0.05) is 55.4 Å². The first-order chi connectivity index (χ1) is 9.38. The first kappa shape index (κ1) is 15.3. The normalized spacial score (nSPS) is 14.9. The maximum absolute atomic E-state index is 6.18. The van der Waals surface area contributed by atoms with E-state index < -0.39 is 0 Å². The molecule has 6 heteroatoms. The minimum atomic E-state index is 0.360. The molecule has 1 heterocycles. The molecule has 106 valence electrons. The fourth-order valence-electron chi connectivity index (χ4n) is 1.79. The van der Waals surface area contributed by atoms with Crippen LogP contribution >= 0.6 is 35.0 Å². The molecule has 0 bridgehead atoms. The highest BCUT2D eigenvalue weighted by Gasteiger charge is 2.17. The first-order valence-corrected chi connectivity index (χ1v) is 7.62. The van der Waals surface area contributed by atoms with E-state index in [1.54, 1.807) is 12.1 Å². The average molecular weight is 328 g/mol. The highest BCUT2D eigenvalue weighted by atomic mass is 35.5. The van der Waals surface area contributed by atoms with Crippen LogP contribution in [0.15, 0.2) is 46.1 Å². The molecule has 1 aliphatic rings. The lowest BCUT2D eigenvalue weighted by Crippen LogP contribution is -2.17. The summed E-state index contributed by atoms with van der Waals surface area (Å²) in [4.78, 5) is 0.745. The first-order valence-electron chi connectivity index (χ1n) is 6.05. The van der Waals surface area contributed by atoms with Crippen molar-refractivity contribution in [1.82, 2.24) is 5.43 Å². The van der Waals surface area contributed by atoms with Crippen molar-refractivity contribution in [3.63, 3.8) is 0 Å². The standard InChI is InChI=1S/C14H15Cl2N3S/c1-7(2)10-6-13(19-18-8(10)3)20-14-11(15)4-9(17)5-12(14)16/h4-7,18H,3,17H2,1-2H3. The summed E-state index contributed by atoms with van der Waals surface area (Å²) < 4.78 is 0. The molecule has 1 aromatic rings. The minimum absolute atomic E-state index is 0.360. The van der Waals surface area contributed by atoms with Crippen molar-refractivity contribution in [2.45, 2.75) is 18.7 Å². The molecule has 0 saturated heterocycles. The maximum atomic E-state index is 6.18. The summed E-state index contributed by atoms with van der Waals surface area (Å²) in [6.45, 7) is 8.15. The molecule has 2 rings (SSSR count). The molecule has 0 aromatic heterocycles. The fourth-order valence-corrected chi connectivity index (χ4v) is 3.32. The van der Waals surface area contributed by atoms with Crippen LogP contribution in [0.1, 0.15) is 13.8 Å². The molecule has 0 amide bonds. The number of anilines is 1. The lowest BCUT2D eigenvalue weighted by atomic mass is 10.0. The van der Waals surface area contributed by atoms with E-state index in [2.05, 4.69) is 31.0 Å². The van der Waals surface area contributed by atoms with Crippen molar-refractivity contribution in [2.24, 2.45) is 11.0 Å². The van der Waals surface area contributed by atoms with Crippen LogP contribution in [0.4, 0.5) is 5.69 Å². The molecule has 0 fully saturated rings. The van der Waals surface area contributed by atoms with Crippen LogP contribution in [-0.4, -0.2) is 5.04 Å². The van der Waals surface area contributed by atoms with Gasteiger partial charge >= 0.3 is 0 Å². The van der Waals surface area contributed by atoms with Crippen LogP contribution < -0.4 is 11.2 Å². The number of hydrazone groups is 1. The summed E-state index contributed by atoms with van der Waals surface area (Å²) in [5.41, 5.74) is 11.1. The highest BCUT2D eigenvalue weighted by molar-refractivity contribution is 8.14. The number of nitrogens with zero attached hydrogens (tertiary/aromatic N) is 1. The van der Waals surface area contributed by atoms with Crippen molar-refractivity contribution < 1.29 is 0 Å². The molecule has 0 aliphatic carbocycles. The second kappa shape index (κ2) is 6.12. The Hall–Kier alpha value is -1.10. The molecule has 1 aliphatic heterocycles. The number of benzene rings is 1. The zero-order chi connectivity index (χ0) is 14.9. The molecule has 3 nitrogen and oxygen atoms in total. The van der Waals surface area contributed by atoms with Crippen LogP contribution in [0.25, 0.3) is 0 Å². The van der Waals surface area contributed by atoms with Crippen LogP contribution in [0, 0.1) is 5.92 Å². The predicted octanol–water partition coefficient (Wildman–Crippen LogP) is 4.68. The van der Waals surface area contributed by atoms with Gasteiger partial charge < -0.3 is 5.73 Å². The van der Waals surface area contributed by atoms with Crippen LogP contribution in [0.3, 0.4) is 0 Å². The molecule has 0 atom stereocenters. The van der Waals surface area contributed by atoms with Gasteiger partial charge in [-0.15, -0.1) is 0 Å². The molecular formula is C14H15Cl2N3S. The van der Waals surface area contributed by atoms with E-state index in [-0.39, 0.29) is 0 Å². The molecule has 3 N–H and O–H groups in total. The maximum Gasteiger partial charge on any atom is 0.122 e. The molecule has 0 radical (unpaired) electrons. The van der Waals surface area contributed by atoms with E-state index in [1.807, 2.05) is 6.08 Å². The van der Waals surface area contributed by atoms with Crippen molar-refractivity contribution in [2.75, 3.05) is 5.73 Å². The third kappa shape index (κ3) is 3.32. The summed E-state index contributed by atoms with van der Waals surface area (Å²) in [6.07, 6.45) is 2.00. The largest absolute Gasteiger partial charge is 0.399 e. The number of nitrogen functional groups attached to an aromatic ring is 1. The monoisotopic (exact) mass is 327 g/mol. The molecule has 0 saturated carbocycles. The predicted molar refractivity (Wildman–Crippen MR) is 89.4 cm³/mol. The Morgan fingerprint density at radius 2 is 1.90 bits per heavy atom. The Labute approximate surface area is 132 Å². The van der Waals surface area contributed by atoms with Gasteiger partial charge in [-0.2, -0.15) is 5.10 Å². The zero-order valence-electron chi connectivity index (χ0n) is 11.2. The Morgan fingerprint density at radius 3 is 2.45 bits per heavy atom. The number of allylic oxidation sites excluding steroid dienone is 1. The summed E-state index contributed by atoms with van der Waals surface area (Å²) in [5.74, 6) is 0.360. The second-order valence-electron chi connectivity index (χ2n) is 4.71. The van der Waals surface area contributed by atoms with Crippen LogP contribution in [0.2, 0.25) is 10.0 Å². The quantitative estimate of drug-likeness (QED) is 0.775. The van der Waals surface area contributed by atoms with Crippen molar-refractivity contribution >= 4 is 45.7 Å². The summed E-state index contributed by atoms with van der Waals surface area (Å²) in [5, 5.41) is 6.07. The third-order valence-electron chi connectivity index (χ3n) is 2.78. The number of hydrogen-bond donors (Lipinski definition) is 2. The fraction of sp³-hybridized carbons (Fsp3) is 0.214. The van der Waals surface area contributed by atoms with Gasteiger partial charge in [0.15, 0.2) is 0 Å². The smallest absolute Gasteiger partial charge is 0.122 e. The molecule has 1 aromatic carbocycles. The van der Waals surface area contributed by atoms with Gasteiger partial charge in [0.1, 0.15) is 5.04 Å². The van der Waals surface area contributed by atoms with E-state index in [9.17, 15) is 0 Å². The van der Waals surface area contributed by atoms with Gasteiger partial charge in [0.2, 0.25) is 0 Å². The molecule has 0 unspecified atom stereocenters. The molecule has 20 heavy (non-hydrogen) atoms. The van der Waals surface area contributed by atoms with E-state index >= 15 is 0 Å². The number of thioether (sulfide) groups is 1. The number of rotatable bonds is 2. The van der Waals surface area contributed by atoms with Crippen molar-refractivity contribution in [3.05, 3.63) is 46.1 Å². The molecule has 0 spiro atoms. The number of nitrogens with two attached hydrogens (primary N) is 1. The number of halogens is 2. The Kier molecular flexibility index (Phi) is 4.68. The number of nitrogens with one attached hydrogen (secondary N) is 1. The Bertz CT molecular complexity index is 598. The van der Waals surface area contributed by atoms with Crippen molar-refractivity contribution in [3.8, 4) is 0 Å². The molecular weight excluding hydrogens is 313 g/mol. The lowest BCUT2D eigenvalue weighted by Gasteiger charge is -2.19. The highest BCUT2D eigenvalue weighted by Crippen LogP contribution is 2.38. The van der Waals surface area contributed by atoms with Crippen molar-refractivity contribution in [1.29, 1.82) is 0 Å².